The van der Waals surface area contributed by atoms with Crippen LogP contribution < -0.4 is 0 Å². The van der Waals surface area contributed by atoms with Gasteiger partial charge in [-0.05, 0) is 0 Å². The van der Waals surface area contributed by atoms with Gasteiger partial charge in [0.25, 0.3) is 0 Å². The second kappa shape index (κ2) is 15.7. The van der Waals surface area contributed by atoms with Crippen molar-refractivity contribution in [1.29, 1.82) is 0 Å². The number of hydrogen-bond acceptors (Lipinski definition) is 3. The molecular weight excluding hydrogens is 120 g/mol. The van der Waals surface area contributed by atoms with Gasteiger partial charge in [0.2, 0.25) is 0 Å². The van der Waals surface area contributed by atoms with Gasteiger partial charge in [0.15, 0.2) is 0 Å². The van der Waals surface area contributed by atoms with E-state index in [0.29, 0.717) is 6.79 Å². The predicted molar refractivity (Wildman–Crippen MR) is 36.3 cm³/mol. The third kappa shape index (κ3) is 11.4. The van der Waals surface area contributed by atoms with Crippen LogP contribution in [0.4, 0.5) is 0 Å². The molecule has 0 saturated carbocycles. The molecule has 0 aromatic heterocycles. The Morgan fingerprint density at radius 2 is 1.33 bits per heavy atom. The largest absolute Gasteiger partial charge is 0.400 e. The normalized spacial score (nSPS) is 14.7. The number of hydrogen-bond donors (Lipinski definition) is 1. The molecule has 1 saturated heterocycles. The molecule has 9 heavy (non-hydrogen) atoms. The first-order valence-corrected chi connectivity index (χ1v) is 3.10. The standard InChI is InChI=1S/C3H6O2.C2H6.CH4O/c1-2-5-3-4-1;2*1-2/h1-3H2;1-2H3;2H,1H3. The van der Waals surface area contributed by atoms with E-state index in [2.05, 4.69) is 0 Å². The molecule has 0 spiro atoms. The Morgan fingerprint density at radius 1 is 1.00 bits per heavy atom. The average molecular weight is 136 g/mol. The highest BCUT2D eigenvalue weighted by molar-refractivity contribution is 4.28. The summed E-state index contributed by atoms with van der Waals surface area (Å²) >= 11 is 0. The van der Waals surface area contributed by atoms with E-state index in [9.17, 15) is 0 Å². The minimum Gasteiger partial charge on any atom is -0.400 e. The summed E-state index contributed by atoms with van der Waals surface area (Å²) in [4.78, 5) is 0. The van der Waals surface area contributed by atoms with E-state index in [4.69, 9.17) is 14.6 Å². The number of ether oxygens (including phenoxy) is 2. The molecule has 0 aromatic rings. The van der Waals surface area contributed by atoms with E-state index < -0.39 is 0 Å². The molecule has 0 amide bonds. The molecule has 1 N–H and O–H groups in total. The Balaban J connectivity index is 0. The zero-order valence-electron chi connectivity index (χ0n) is 6.39. The maximum Gasteiger partial charge on any atom is 0.146 e. The molecular formula is C6H16O3. The van der Waals surface area contributed by atoms with E-state index >= 15 is 0 Å². The highest BCUT2D eigenvalue weighted by Crippen LogP contribution is 1.85. The third-order valence-corrected chi connectivity index (χ3v) is 0.539. The Kier molecular flexibility index (Phi) is 20.3. The van der Waals surface area contributed by atoms with E-state index in [1.807, 2.05) is 13.8 Å². The quantitative estimate of drug-likeness (QED) is 0.530. The third-order valence-electron chi connectivity index (χ3n) is 0.539. The van der Waals surface area contributed by atoms with Crippen molar-refractivity contribution >= 4 is 0 Å². The van der Waals surface area contributed by atoms with Crippen LogP contribution in [-0.2, 0) is 9.47 Å². The summed E-state index contributed by atoms with van der Waals surface area (Å²) in [6.45, 7) is 6.06. The van der Waals surface area contributed by atoms with Crippen LogP contribution in [0.5, 0.6) is 0 Å². The van der Waals surface area contributed by atoms with Gasteiger partial charge in [0.05, 0.1) is 13.2 Å². The summed E-state index contributed by atoms with van der Waals surface area (Å²) in [6, 6.07) is 0. The van der Waals surface area contributed by atoms with Crippen molar-refractivity contribution in [3.63, 3.8) is 0 Å². The molecule has 0 aromatic carbocycles. The minimum atomic E-state index is 0.500. The van der Waals surface area contributed by atoms with Crippen LogP contribution in [0.3, 0.4) is 0 Å². The first-order chi connectivity index (χ1) is 4.50. The zero-order valence-corrected chi connectivity index (χ0v) is 6.39. The zero-order chi connectivity index (χ0) is 7.54. The lowest BCUT2D eigenvalue weighted by atomic mass is 10.8. The summed E-state index contributed by atoms with van der Waals surface area (Å²) in [6.07, 6.45) is 0. The SMILES string of the molecule is C1COCO1.CC.CO. The van der Waals surface area contributed by atoms with Gasteiger partial charge in [-0.3, -0.25) is 0 Å². The van der Waals surface area contributed by atoms with Crippen LogP contribution in [0, 0.1) is 0 Å². The van der Waals surface area contributed by atoms with Crippen molar-refractivity contribution < 1.29 is 14.6 Å². The molecule has 58 valence electrons. The van der Waals surface area contributed by atoms with E-state index in [1.165, 1.54) is 0 Å². The molecule has 1 rings (SSSR count). The molecule has 0 aliphatic carbocycles. The maximum atomic E-state index is 7.00. The summed E-state index contributed by atoms with van der Waals surface area (Å²) in [5, 5.41) is 7.00. The Hall–Kier alpha value is -0.120. The van der Waals surface area contributed by atoms with E-state index in [1.54, 1.807) is 0 Å². The Labute approximate surface area is 56.6 Å². The first kappa shape index (κ1) is 11.6. The molecule has 0 radical (unpaired) electrons. The van der Waals surface area contributed by atoms with Gasteiger partial charge in [-0.1, -0.05) is 13.8 Å². The predicted octanol–water partition coefficient (Wildman–Crippen LogP) is 0.625. The van der Waals surface area contributed by atoms with Crippen LogP contribution in [0.15, 0.2) is 0 Å². The Morgan fingerprint density at radius 3 is 1.44 bits per heavy atom. The second-order valence-corrected chi connectivity index (χ2v) is 0.934. The van der Waals surface area contributed by atoms with Gasteiger partial charge in [-0.2, -0.15) is 0 Å². The van der Waals surface area contributed by atoms with Gasteiger partial charge in [0, 0.05) is 7.11 Å². The fourth-order valence-electron chi connectivity index (χ4n) is 0.295. The van der Waals surface area contributed by atoms with Gasteiger partial charge < -0.3 is 14.6 Å². The highest BCUT2D eigenvalue weighted by Gasteiger charge is 1.93. The molecule has 0 atom stereocenters. The van der Waals surface area contributed by atoms with Crippen molar-refractivity contribution in [3.8, 4) is 0 Å². The molecule has 1 aliphatic heterocycles. The smallest absolute Gasteiger partial charge is 0.146 e. The Bertz CT molecular complexity index is 19.9. The lowest BCUT2D eigenvalue weighted by Gasteiger charge is -1.76. The van der Waals surface area contributed by atoms with Gasteiger partial charge >= 0.3 is 0 Å². The molecule has 1 heterocycles. The van der Waals surface area contributed by atoms with Crippen LogP contribution >= 0.6 is 0 Å². The van der Waals surface area contributed by atoms with Crippen LogP contribution in [0.1, 0.15) is 13.8 Å². The van der Waals surface area contributed by atoms with Crippen molar-refractivity contribution in [3.05, 3.63) is 0 Å². The van der Waals surface area contributed by atoms with Gasteiger partial charge in [-0.15, -0.1) is 0 Å². The van der Waals surface area contributed by atoms with E-state index in [0.717, 1.165) is 20.3 Å². The topological polar surface area (TPSA) is 38.7 Å². The van der Waals surface area contributed by atoms with Crippen molar-refractivity contribution in [1.82, 2.24) is 0 Å². The fourth-order valence-corrected chi connectivity index (χ4v) is 0.295. The molecule has 3 heteroatoms. The summed E-state index contributed by atoms with van der Waals surface area (Å²) in [5.74, 6) is 0. The molecule has 1 aliphatic rings. The minimum absolute atomic E-state index is 0.500. The van der Waals surface area contributed by atoms with Gasteiger partial charge in [-0.25, -0.2) is 0 Å². The summed E-state index contributed by atoms with van der Waals surface area (Å²) < 4.78 is 9.44. The average Bonchev–Trinajstić information content (AvgIpc) is 2.51. The highest BCUT2D eigenvalue weighted by atomic mass is 16.7. The fraction of sp³-hybridized carbons (Fsp3) is 1.00. The number of aliphatic hydroxyl groups excluding tert-OH is 1. The lowest BCUT2D eigenvalue weighted by Crippen LogP contribution is -1.79. The van der Waals surface area contributed by atoms with Crippen LogP contribution in [0.25, 0.3) is 0 Å². The molecule has 0 unspecified atom stereocenters. The summed E-state index contributed by atoms with van der Waals surface area (Å²) in [7, 11) is 1.00. The first-order valence-electron chi connectivity index (χ1n) is 3.10. The van der Waals surface area contributed by atoms with Crippen molar-refractivity contribution in [2.45, 2.75) is 13.8 Å². The van der Waals surface area contributed by atoms with E-state index in [-0.39, 0.29) is 0 Å². The number of aliphatic hydroxyl groups is 1. The van der Waals surface area contributed by atoms with Gasteiger partial charge in [0.1, 0.15) is 6.79 Å². The second-order valence-electron chi connectivity index (χ2n) is 0.934. The monoisotopic (exact) mass is 136 g/mol. The van der Waals surface area contributed by atoms with Crippen LogP contribution in [0.2, 0.25) is 0 Å². The van der Waals surface area contributed by atoms with Crippen molar-refractivity contribution in [2.75, 3.05) is 27.1 Å². The maximum absolute atomic E-state index is 7.00. The van der Waals surface area contributed by atoms with Crippen LogP contribution in [-0.4, -0.2) is 32.2 Å². The lowest BCUT2D eigenvalue weighted by molar-refractivity contribution is 0.0692. The van der Waals surface area contributed by atoms with Crippen molar-refractivity contribution in [2.24, 2.45) is 0 Å². The molecule has 3 nitrogen and oxygen atoms in total. The summed E-state index contributed by atoms with van der Waals surface area (Å²) in [5.41, 5.74) is 0. The molecule has 1 fully saturated rings. The molecule has 0 bridgehead atoms. The number of rotatable bonds is 0.